The number of halogens is 1. The van der Waals surface area contributed by atoms with Crippen LogP contribution in [0.25, 0.3) is 0 Å². The molecule has 1 heterocycles. The Kier molecular flexibility index (Phi) is 1.70. The van der Waals surface area contributed by atoms with Crippen molar-refractivity contribution in [3.05, 3.63) is 4.60 Å². The van der Waals surface area contributed by atoms with Crippen molar-refractivity contribution in [2.45, 2.75) is 0 Å². The molecule has 0 unspecified atom stereocenters. The van der Waals surface area contributed by atoms with Gasteiger partial charge in [-0.2, -0.15) is 0 Å². The van der Waals surface area contributed by atoms with E-state index in [0.29, 0.717) is 10.5 Å². The lowest BCUT2D eigenvalue weighted by Gasteiger charge is -1.95. The Labute approximate surface area is 60.9 Å². The van der Waals surface area contributed by atoms with Crippen LogP contribution in [0.15, 0.2) is 4.60 Å². The molecule has 1 aromatic heterocycles. The van der Waals surface area contributed by atoms with E-state index < -0.39 is 0 Å². The highest BCUT2D eigenvalue weighted by atomic mass is 79.9. The molecule has 1 aromatic rings. The van der Waals surface area contributed by atoms with Gasteiger partial charge in [0.05, 0.1) is 7.11 Å². The van der Waals surface area contributed by atoms with Gasteiger partial charge in [-0.15, -0.1) is 5.10 Å². The van der Waals surface area contributed by atoms with E-state index in [9.17, 15) is 0 Å². The van der Waals surface area contributed by atoms with Gasteiger partial charge in [0.1, 0.15) is 0 Å². The van der Waals surface area contributed by atoms with E-state index in [4.69, 9.17) is 4.74 Å². The van der Waals surface area contributed by atoms with Crippen molar-refractivity contribution in [3.63, 3.8) is 0 Å². The molecule has 0 fully saturated rings. The first-order valence-electron chi connectivity index (χ1n) is 2.35. The molecule has 1 rings (SSSR count). The van der Waals surface area contributed by atoms with Crippen molar-refractivity contribution in [1.29, 1.82) is 0 Å². The van der Waals surface area contributed by atoms with Crippen molar-refractivity contribution >= 4 is 15.9 Å². The summed E-state index contributed by atoms with van der Waals surface area (Å²) in [4.78, 5) is 0. The third-order valence-corrected chi connectivity index (χ3v) is 1.43. The van der Waals surface area contributed by atoms with E-state index >= 15 is 0 Å². The van der Waals surface area contributed by atoms with Gasteiger partial charge in [-0.3, -0.25) is 0 Å². The summed E-state index contributed by atoms with van der Waals surface area (Å²) in [6.07, 6.45) is 0. The highest BCUT2D eigenvalue weighted by molar-refractivity contribution is 9.10. The number of hydrogen-bond acceptors (Lipinski definition) is 3. The van der Waals surface area contributed by atoms with E-state index in [1.54, 1.807) is 18.8 Å². The van der Waals surface area contributed by atoms with Gasteiger partial charge in [0, 0.05) is 7.05 Å². The van der Waals surface area contributed by atoms with Gasteiger partial charge in [-0.05, 0) is 15.9 Å². The maximum absolute atomic E-state index is 4.91. The second-order valence-electron chi connectivity index (χ2n) is 1.51. The molecule has 0 atom stereocenters. The lowest BCUT2D eigenvalue weighted by atomic mass is 10.8. The predicted molar refractivity (Wildman–Crippen MR) is 35.3 cm³/mol. The Morgan fingerprint density at radius 3 is 2.56 bits per heavy atom. The molecule has 0 bridgehead atoms. The van der Waals surface area contributed by atoms with Crippen LogP contribution in [0, 0.1) is 0 Å². The van der Waals surface area contributed by atoms with Crippen molar-refractivity contribution < 1.29 is 4.74 Å². The highest BCUT2D eigenvalue weighted by Gasteiger charge is 2.05. The van der Waals surface area contributed by atoms with Crippen LogP contribution in [0.2, 0.25) is 0 Å². The maximum atomic E-state index is 4.91. The molecule has 0 aliphatic rings. The molecule has 0 radical (unpaired) electrons. The lowest BCUT2D eigenvalue weighted by molar-refractivity contribution is 0.371. The predicted octanol–water partition coefficient (Wildman–Crippen LogP) is 0.586. The van der Waals surface area contributed by atoms with Gasteiger partial charge in [-0.25, -0.2) is 4.68 Å². The molecule has 0 N–H and O–H groups in total. The summed E-state index contributed by atoms with van der Waals surface area (Å²) in [5.74, 6) is 0.634. The maximum Gasteiger partial charge on any atom is 0.247 e. The molecular formula is C4H6BrN3O. The third kappa shape index (κ3) is 1.05. The van der Waals surface area contributed by atoms with Crippen molar-refractivity contribution in [3.8, 4) is 5.88 Å². The topological polar surface area (TPSA) is 39.9 Å². The normalized spacial score (nSPS) is 9.67. The van der Waals surface area contributed by atoms with E-state index in [0.717, 1.165) is 0 Å². The highest BCUT2D eigenvalue weighted by Crippen LogP contribution is 2.18. The monoisotopic (exact) mass is 191 g/mol. The molecular weight excluding hydrogens is 186 g/mol. The summed E-state index contributed by atoms with van der Waals surface area (Å²) in [5.41, 5.74) is 0. The summed E-state index contributed by atoms with van der Waals surface area (Å²) in [7, 11) is 3.33. The fourth-order valence-electron chi connectivity index (χ4n) is 0.540. The number of nitrogens with zero attached hydrogens (tertiary/aromatic N) is 3. The minimum atomic E-state index is 0.632. The smallest absolute Gasteiger partial charge is 0.247 e. The number of rotatable bonds is 1. The molecule has 0 saturated heterocycles. The van der Waals surface area contributed by atoms with Crippen LogP contribution in [-0.4, -0.2) is 22.1 Å². The Balaban J connectivity index is 3.07. The lowest BCUT2D eigenvalue weighted by Crippen LogP contribution is -1.94. The summed E-state index contributed by atoms with van der Waals surface area (Å²) in [6, 6.07) is 0. The molecule has 0 saturated carbocycles. The minimum absolute atomic E-state index is 0.632. The van der Waals surface area contributed by atoms with Crippen LogP contribution in [0.1, 0.15) is 0 Å². The van der Waals surface area contributed by atoms with Crippen LogP contribution in [0.3, 0.4) is 0 Å². The van der Waals surface area contributed by atoms with Crippen LogP contribution in [0.4, 0.5) is 0 Å². The van der Waals surface area contributed by atoms with E-state index in [1.807, 2.05) is 0 Å². The number of hydrogen-bond donors (Lipinski definition) is 0. The standard InChI is InChI=1S/C4H6BrN3O/c1-8-4(9-2)3(5)6-7-8/h1-2H3. The van der Waals surface area contributed by atoms with Gasteiger partial charge in [0.25, 0.3) is 0 Å². The van der Waals surface area contributed by atoms with Gasteiger partial charge in [0.15, 0.2) is 4.60 Å². The first-order valence-corrected chi connectivity index (χ1v) is 3.14. The van der Waals surface area contributed by atoms with E-state index in [1.165, 1.54) is 0 Å². The Hall–Kier alpha value is -0.580. The van der Waals surface area contributed by atoms with E-state index in [-0.39, 0.29) is 0 Å². The van der Waals surface area contributed by atoms with Gasteiger partial charge in [-0.1, -0.05) is 5.21 Å². The summed E-state index contributed by atoms with van der Waals surface area (Å²) in [5, 5.41) is 7.37. The molecule has 0 aliphatic heterocycles. The molecule has 50 valence electrons. The zero-order valence-electron chi connectivity index (χ0n) is 5.13. The zero-order chi connectivity index (χ0) is 6.85. The molecule has 0 aromatic carbocycles. The van der Waals surface area contributed by atoms with Crippen LogP contribution < -0.4 is 4.74 Å². The SMILES string of the molecule is COc1c(Br)nnn1C. The fraction of sp³-hybridized carbons (Fsp3) is 0.500. The molecule has 0 aliphatic carbocycles. The molecule has 5 heteroatoms. The molecule has 0 spiro atoms. The second-order valence-corrected chi connectivity index (χ2v) is 2.26. The van der Waals surface area contributed by atoms with Crippen molar-refractivity contribution in [2.24, 2.45) is 7.05 Å². The average Bonchev–Trinajstić information content (AvgIpc) is 2.12. The summed E-state index contributed by atoms with van der Waals surface area (Å²) in [6.45, 7) is 0. The Morgan fingerprint density at radius 2 is 2.33 bits per heavy atom. The Bertz CT molecular complexity index is 190. The van der Waals surface area contributed by atoms with Gasteiger partial charge < -0.3 is 4.74 Å². The zero-order valence-corrected chi connectivity index (χ0v) is 6.71. The third-order valence-electron chi connectivity index (χ3n) is 0.930. The fourth-order valence-corrected chi connectivity index (χ4v) is 1.03. The van der Waals surface area contributed by atoms with Crippen LogP contribution in [0.5, 0.6) is 5.88 Å². The number of ether oxygens (including phenoxy) is 1. The summed E-state index contributed by atoms with van der Waals surface area (Å²) < 4.78 is 7.08. The number of aromatic nitrogens is 3. The second kappa shape index (κ2) is 2.34. The molecule has 0 amide bonds. The first kappa shape index (κ1) is 6.54. The Morgan fingerprint density at radius 1 is 1.67 bits per heavy atom. The average molecular weight is 192 g/mol. The number of aryl methyl sites for hydroxylation is 1. The minimum Gasteiger partial charge on any atom is -0.479 e. The van der Waals surface area contributed by atoms with Crippen molar-refractivity contribution in [2.75, 3.05) is 7.11 Å². The number of methoxy groups -OCH3 is 1. The first-order chi connectivity index (χ1) is 4.25. The summed E-state index contributed by atoms with van der Waals surface area (Å²) >= 11 is 3.16. The van der Waals surface area contributed by atoms with Crippen molar-refractivity contribution in [1.82, 2.24) is 15.0 Å². The van der Waals surface area contributed by atoms with Crippen LogP contribution >= 0.6 is 15.9 Å². The quantitative estimate of drug-likeness (QED) is 0.653. The molecule has 4 nitrogen and oxygen atoms in total. The van der Waals surface area contributed by atoms with Gasteiger partial charge >= 0.3 is 0 Å². The largest absolute Gasteiger partial charge is 0.479 e. The van der Waals surface area contributed by atoms with E-state index in [2.05, 4.69) is 26.2 Å². The van der Waals surface area contributed by atoms with Gasteiger partial charge in [0.2, 0.25) is 5.88 Å². The van der Waals surface area contributed by atoms with Crippen LogP contribution in [-0.2, 0) is 7.05 Å². The molecule has 9 heavy (non-hydrogen) atoms.